The molecule has 0 aliphatic carbocycles. The molecule has 0 heterocycles. The summed E-state index contributed by atoms with van der Waals surface area (Å²) in [5.74, 6) is -0.861. The number of unbranched alkanes of at least 4 members (excludes halogenated alkanes) is 18. The summed E-state index contributed by atoms with van der Waals surface area (Å²) in [5.41, 5.74) is 5.39. The van der Waals surface area contributed by atoms with Crippen LogP contribution in [0.15, 0.2) is 170 Å². The van der Waals surface area contributed by atoms with Crippen LogP contribution in [0.4, 0.5) is 0 Å². The van der Waals surface area contributed by atoms with Gasteiger partial charge in [-0.05, 0) is 128 Å². The van der Waals surface area contributed by atoms with Crippen molar-refractivity contribution in [3.63, 3.8) is 0 Å². The van der Waals surface area contributed by atoms with Gasteiger partial charge in [-0.1, -0.05) is 274 Å². The lowest BCUT2D eigenvalue weighted by molar-refractivity contribution is -0.161. The minimum Gasteiger partial charge on any atom is -0.462 e. The first-order valence-electron chi connectivity index (χ1n) is 32.6. The molecule has 0 aromatic rings. The maximum Gasteiger partial charge on any atom is 0.472 e. The molecule has 468 valence electrons. The third-order valence-corrected chi connectivity index (χ3v) is 14.1. The fourth-order valence-corrected chi connectivity index (χ4v) is 9.13. The fraction of sp³-hybridized carbons (Fsp3) is 0.589. The first-order valence-corrected chi connectivity index (χ1v) is 34.1. The van der Waals surface area contributed by atoms with Crippen LogP contribution in [0, 0.1) is 0 Å². The fourth-order valence-electron chi connectivity index (χ4n) is 8.36. The number of rotatable bonds is 59. The van der Waals surface area contributed by atoms with Gasteiger partial charge in [-0.15, -0.1) is 0 Å². The normalized spacial score (nSPS) is 14.1. The Kier molecular flexibility index (Phi) is 62.8. The van der Waals surface area contributed by atoms with Crippen molar-refractivity contribution >= 4 is 19.8 Å². The van der Waals surface area contributed by atoms with Crippen molar-refractivity contribution in [3.05, 3.63) is 170 Å². The van der Waals surface area contributed by atoms with Gasteiger partial charge in [-0.3, -0.25) is 18.6 Å². The zero-order chi connectivity index (χ0) is 60.1. The van der Waals surface area contributed by atoms with E-state index in [2.05, 4.69) is 184 Å². The van der Waals surface area contributed by atoms with Gasteiger partial charge in [0, 0.05) is 19.4 Å². The monoisotopic (exact) mass is 1170 g/mol. The number of ether oxygens (including phenoxy) is 2. The summed E-state index contributed by atoms with van der Waals surface area (Å²) < 4.78 is 33.1. The number of hydrogen-bond acceptors (Lipinski definition) is 8. The average molecular weight is 1170 g/mol. The molecule has 9 nitrogen and oxygen atoms in total. The molecule has 0 bridgehead atoms. The molecule has 0 spiro atoms. The third kappa shape index (κ3) is 66.4. The van der Waals surface area contributed by atoms with Crippen LogP contribution < -0.4 is 5.73 Å². The molecule has 0 radical (unpaired) electrons. The second kappa shape index (κ2) is 66.5. The van der Waals surface area contributed by atoms with Crippen molar-refractivity contribution in [3.8, 4) is 0 Å². The molecular formula is C73H118NO8P. The number of phosphoric acid groups is 1. The molecule has 10 heteroatoms. The highest BCUT2D eigenvalue weighted by atomic mass is 31.2. The minimum atomic E-state index is -4.41. The molecule has 2 atom stereocenters. The Labute approximate surface area is 508 Å². The predicted molar refractivity (Wildman–Crippen MR) is 357 cm³/mol. The number of allylic oxidation sites excluding steroid dienone is 28. The van der Waals surface area contributed by atoms with Gasteiger partial charge in [0.25, 0.3) is 0 Å². The Morgan fingerprint density at radius 3 is 0.928 bits per heavy atom. The zero-order valence-electron chi connectivity index (χ0n) is 52.4. The van der Waals surface area contributed by atoms with Crippen molar-refractivity contribution in [1.29, 1.82) is 0 Å². The molecule has 0 amide bonds. The summed E-state index contributed by atoms with van der Waals surface area (Å²) in [7, 11) is -4.41. The van der Waals surface area contributed by atoms with Gasteiger partial charge in [-0.25, -0.2) is 4.57 Å². The van der Waals surface area contributed by atoms with Gasteiger partial charge in [0.2, 0.25) is 0 Å². The predicted octanol–water partition coefficient (Wildman–Crippen LogP) is 21.4. The molecule has 2 unspecified atom stereocenters. The van der Waals surface area contributed by atoms with E-state index in [1.807, 2.05) is 0 Å². The average Bonchev–Trinajstić information content (AvgIpc) is 3.49. The van der Waals surface area contributed by atoms with Gasteiger partial charge in [0.15, 0.2) is 6.10 Å². The summed E-state index contributed by atoms with van der Waals surface area (Å²) in [6, 6.07) is 0. The number of hydrogen-bond donors (Lipinski definition) is 2. The standard InChI is InChI=1S/C73H118NO8P/c1-3-5-7-9-11-13-15-17-19-21-23-25-27-29-31-33-34-35-36-38-40-42-44-46-48-50-52-54-56-58-60-62-64-66-73(76)82-71(70-81-83(77,78)80-68-67-74)69-79-72(75)65-63-61-59-57-55-53-51-49-47-45-43-41-39-37-32-30-28-26-24-22-20-18-16-14-12-10-8-6-4-2/h5-8,11-14,17-20,23-26,29-32,34-35,38,40,44,46,50,52,71H,3-4,9-10,15-16,21-22,27-28,33,36-37,39,41-43,45,47-49,51,53-70,74H2,1-2H3,(H,77,78)/b7-5-,8-6-,13-11-,14-12-,19-17-,20-18-,25-23-,26-24-,31-29-,32-30-,35-34-,40-38-,46-44-,52-50-. The molecule has 3 N–H and O–H groups in total. The summed E-state index contributed by atoms with van der Waals surface area (Å²) in [5, 5.41) is 0. The van der Waals surface area contributed by atoms with Crippen LogP contribution in [0.1, 0.15) is 245 Å². The van der Waals surface area contributed by atoms with Crippen molar-refractivity contribution in [1.82, 2.24) is 0 Å². The van der Waals surface area contributed by atoms with E-state index in [9.17, 15) is 19.0 Å². The number of carbonyl (C=O) groups is 2. The number of carbonyl (C=O) groups excluding carboxylic acids is 2. The van der Waals surface area contributed by atoms with E-state index in [0.29, 0.717) is 6.42 Å². The Hall–Kier alpha value is -4.63. The topological polar surface area (TPSA) is 134 Å². The van der Waals surface area contributed by atoms with Crippen molar-refractivity contribution < 1.29 is 37.6 Å². The Morgan fingerprint density at radius 2 is 0.627 bits per heavy atom. The van der Waals surface area contributed by atoms with E-state index in [4.69, 9.17) is 24.3 Å². The lowest BCUT2D eigenvalue weighted by atomic mass is 10.0. The summed E-state index contributed by atoms with van der Waals surface area (Å²) in [4.78, 5) is 35.3. The van der Waals surface area contributed by atoms with Crippen LogP contribution in [0.3, 0.4) is 0 Å². The third-order valence-electron chi connectivity index (χ3n) is 13.1. The largest absolute Gasteiger partial charge is 0.472 e. The molecular weight excluding hydrogens is 1050 g/mol. The Balaban J connectivity index is 4.04. The number of nitrogens with two attached hydrogens (primary N) is 1. The Morgan fingerprint density at radius 1 is 0.361 bits per heavy atom. The highest BCUT2D eigenvalue weighted by Gasteiger charge is 2.26. The van der Waals surface area contributed by atoms with Crippen molar-refractivity contribution in [2.45, 2.75) is 251 Å². The van der Waals surface area contributed by atoms with Gasteiger partial charge in [0.05, 0.1) is 13.2 Å². The first kappa shape index (κ1) is 78.4. The second-order valence-corrected chi connectivity index (χ2v) is 22.3. The van der Waals surface area contributed by atoms with E-state index in [-0.39, 0.29) is 32.6 Å². The van der Waals surface area contributed by atoms with Crippen LogP contribution in [-0.2, 0) is 32.7 Å². The summed E-state index contributed by atoms with van der Waals surface area (Å²) in [6.45, 7) is 3.48. The molecule has 0 aromatic heterocycles. The van der Waals surface area contributed by atoms with Crippen LogP contribution in [-0.4, -0.2) is 49.3 Å². The maximum atomic E-state index is 12.7. The van der Waals surface area contributed by atoms with Gasteiger partial charge < -0.3 is 20.1 Å². The summed E-state index contributed by atoms with van der Waals surface area (Å²) >= 11 is 0. The number of phosphoric ester groups is 1. The Bertz CT molecular complexity index is 1960. The molecule has 0 rings (SSSR count). The first-order chi connectivity index (χ1) is 40.8. The molecule has 0 aromatic carbocycles. The van der Waals surface area contributed by atoms with Gasteiger partial charge in [0.1, 0.15) is 6.61 Å². The van der Waals surface area contributed by atoms with E-state index >= 15 is 0 Å². The number of esters is 2. The van der Waals surface area contributed by atoms with Crippen LogP contribution in [0.2, 0.25) is 0 Å². The lowest BCUT2D eigenvalue weighted by Gasteiger charge is -2.19. The van der Waals surface area contributed by atoms with Gasteiger partial charge in [-0.2, -0.15) is 0 Å². The molecule has 0 saturated carbocycles. The second-order valence-electron chi connectivity index (χ2n) is 20.9. The van der Waals surface area contributed by atoms with Crippen LogP contribution in [0.5, 0.6) is 0 Å². The van der Waals surface area contributed by atoms with E-state index < -0.39 is 32.5 Å². The van der Waals surface area contributed by atoms with Gasteiger partial charge >= 0.3 is 19.8 Å². The molecule has 0 saturated heterocycles. The van der Waals surface area contributed by atoms with Crippen LogP contribution in [0.25, 0.3) is 0 Å². The highest BCUT2D eigenvalue weighted by molar-refractivity contribution is 7.47. The highest BCUT2D eigenvalue weighted by Crippen LogP contribution is 2.43. The SMILES string of the molecule is CC/C=C\C/C=C\C/C=C\C/C=C\C/C=C\C/C=C\C/C=C\C/C=C\C/C=C\CCCCCCCC(=O)OC(COC(=O)CCCCCCCCCCCCCCC/C=C\C/C=C\C/C=C\C/C=C\C/C=C\CC)COP(=O)(O)OCCN. The lowest BCUT2D eigenvalue weighted by Crippen LogP contribution is -2.29. The molecule has 0 aliphatic heterocycles. The minimum absolute atomic E-state index is 0.0409. The quantitative estimate of drug-likeness (QED) is 0.0264. The van der Waals surface area contributed by atoms with E-state index in [1.165, 1.54) is 64.2 Å². The van der Waals surface area contributed by atoms with Crippen molar-refractivity contribution in [2.24, 2.45) is 5.73 Å². The molecule has 83 heavy (non-hydrogen) atoms. The van der Waals surface area contributed by atoms with Crippen LogP contribution >= 0.6 is 7.82 Å². The smallest absolute Gasteiger partial charge is 0.462 e. The zero-order valence-corrected chi connectivity index (χ0v) is 53.3. The van der Waals surface area contributed by atoms with Crippen molar-refractivity contribution in [2.75, 3.05) is 26.4 Å². The molecule has 0 aliphatic rings. The van der Waals surface area contributed by atoms with E-state index in [1.54, 1.807) is 0 Å². The molecule has 0 fully saturated rings. The van der Waals surface area contributed by atoms with E-state index in [0.717, 1.165) is 148 Å². The maximum absolute atomic E-state index is 12.7. The summed E-state index contributed by atoms with van der Waals surface area (Å²) in [6.07, 6.45) is 98.4.